The average molecular weight is 303 g/mol. The number of hydrogen-bond donors (Lipinski definition) is 1. The van der Waals surface area contributed by atoms with E-state index >= 15 is 0 Å². The maximum Gasteiger partial charge on any atom is 0.0900 e. The molecular weight excluding hydrogens is 274 g/mol. The second-order valence-corrected chi connectivity index (χ2v) is 7.76. The van der Waals surface area contributed by atoms with Gasteiger partial charge in [0.15, 0.2) is 0 Å². The molecule has 3 heteroatoms. The summed E-state index contributed by atoms with van der Waals surface area (Å²) in [5.41, 5.74) is 2.77. The molecule has 2 atom stereocenters. The molecule has 1 aromatic carbocycles. The molecule has 0 amide bonds. The summed E-state index contributed by atoms with van der Waals surface area (Å²) in [4.78, 5) is 2.53. The van der Waals surface area contributed by atoms with Crippen molar-refractivity contribution in [2.24, 2.45) is 0 Å². The number of hydrogen-bond acceptors (Lipinski definition) is 3. The van der Waals surface area contributed by atoms with E-state index < -0.39 is 6.10 Å². The van der Waals surface area contributed by atoms with Crippen molar-refractivity contribution in [1.82, 2.24) is 4.90 Å². The van der Waals surface area contributed by atoms with Gasteiger partial charge >= 0.3 is 0 Å². The van der Waals surface area contributed by atoms with E-state index in [0.717, 1.165) is 6.54 Å². The van der Waals surface area contributed by atoms with Crippen LogP contribution in [0.3, 0.4) is 0 Å². The minimum atomic E-state index is -0.410. The van der Waals surface area contributed by atoms with Crippen LogP contribution in [0.15, 0.2) is 24.3 Å². The molecule has 0 heterocycles. The lowest BCUT2D eigenvalue weighted by Gasteiger charge is -2.32. The summed E-state index contributed by atoms with van der Waals surface area (Å²) in [5.74, 6) is 0. The van der Waals surface area contributed by atoms with Crippen molar-refractivity contribution in [3.63, 3.8) is 0 Å². The molecule has 2 aliphatic rings. The number of aryl methyl sites for hydroxylation is 1. The molecule has 1 aromatic rings. The molecule has 22 heavy (non-hydrogen) atoms. The van der Waals surface area contributed by atoms with E-state index in [-0.39, 0.29) is 5.60 Å². The van der Waals surface area contributed by atoms with Crippen LogP contribution in [-0.4, -0.2) is 40.9 Å². The zero-order valence-corrected chi connectivity index (χ0v) is 14.1. The number of aliphatic hydroxyl groups excluding tert-OH is 1. The summed E-state index contributed by atoms with van der Waals surface area (Å²) in [7, 11) is 0. The highest BCUT2D eigenvalue weighted by atomic mass is 16.5. The Morgan fingerprint density at radius 2 is 1.95 bits per heavy atom. The predicted octanol–water partition coefficient (Wildman–Crippen LogP) is 3.31. The first-order valence-electron chi connectivity index (χ1n) is 8.59. The summed E-state index contributed by atoms with van der Waals surface area (Å²) in [6, 6.07) is 9.92. The van der Waals surface area contributed by atoms with Gasteiger partial charge in [0.05, 0.1) is 18.3 Å². The van der Waals surface area contributed by atoms with Gasteiger partial charge in [0.25, 0.3) is 0 Å². The number of ether oxygens (including phenoxy) is 1. The summed E-state index contributed by atoms with van der Waals surface area (Å²) >= 11 is 0. The minimum Gasteiger partial charge on any atom is -0.389 e. The van der Waals surface area contributed by atoms with Crippen molar-refractivity contribution < 1.29 is 9.84 Å². The number of nitrogens with zero attached hydrogens (tertiary/aromatic N) is 1. The lowest BCUT2D eigenvalue weighted by Crippen LogP contribution is -2.39. The van der Waals surface area contributed by atoms with Gasteiger partial charge in [-0.15, -0.1) is 0 Å². The monoisotopic (exact) mass is 303 g/mol. The van der Waals surface area contributed by atoms with Crippen LogP contribution < -0.4 is 0 Å². The number of fused-ring (bicyclic) bond motifs is 1. The van der Waals surface area contributed by atoms with E-state index in [1.54, 1.807) is 0 Å². The topological polar surface area (TPSA) is 32.7 Å². The SMILES string of the molecule is CC(C)(C)OCC(O)CN(C1CC1)C1CCc2ccccc21. The Hall–Kier alpha value is -0.900. The molecule has 2 unspecified atom stereocenters. The fraction of sp³-hybridized carbons (Fsp3) is 0.684. The lowest BCUT2D eigenvalue weighted by atomic mass is 10.1. The fourth-order valence-electron chi connectivity index (χ4n) is 3.46. The lowest BCUT2D eigenvalue weighted by molar-refractivity contribution is -0.0598. The maximum absolute atomic E-state index is 10.4. The van der Waals surface area contributed by atoms with Crippen molar-refractivity contribution >= 4 is 0 Å². The summed E-state index contributed by atoms with van der Waals surface area (Å²) in [6.07, 6.45) is 4.48. The van der Waals surface area contributed by atoms with Crippen LogP contribution in [0.5, 0.6) is 0 Å². The fourth-order valence-corrected chi connectivity index (χ4v) is 3.46. The molecule has 0 spiro atoms. The van der Waals surface area contributed by atoms with Crippen LogP contribution in [0.1, 0.15) is 57.2 Å². The van der Waals surface area contributed by atoms with Crippen molar-refractivity contribution in [2.75, 3.05) is 13.2 Å². The van der Waals surface area contributed by atoms with Crippen molar-refractivity contribution in [3.05, 3.63) is 35.4 Å². The molecule has 122 valence electrons. The molecule has 0 aromatic heterocycles. The molecule has 1 N–H and O–H groups in total. The second-order valence-electron chi connectivity index (χ2n) is 7.76. The Bertz CT molecular complexity index is 504. The Morgan fingerprint density at radius 1 is 1.23 bits per heavy atom. The summed E-state index contributed by atoms with van der Waals surface area (Å²) in [5, 5.41) is 10.4. The Balaban J connectivity index is 1.64. The first-order chi connectivity index (χ1) is 10.4. The Kier molecular flexibility index (Phi) is 4.58. The van der Waals surface area contributed by atoms with Gasteiger partial charge in [-0.1, -0.05) is 24.3 Å². The zero-order chi connectivity index (χ0) is 15.7. The van der Waals surface area contributed by atoms with E-state index in [1.807, 2.05) is 20.8 Å². The van der Waals surface area contributed by atoms with Crippen molar-refractivity contribution in [1.29, 1.82) is 0 Å². The Labute approximate surface area is 134 Å². The van der Waals surface area contributed by atoms with Crippen LogP contribution >= 0.6 is 0 Å². The summed E-state index contributed by atoms with van der Waals surface area (Å²) in [6.45, 7) is 7.24. The van der Waals surface area contributed by atoms with Gasteiger partial charge in [-0.3, -0.25) is 4.90 Å². The van der Waals surface area contributed by atoms with E-state index in [4.69, 9.17) is 4.74 Å². The molecule has 2 aliphatic carbocycles. The highest BCUT2D eigenvalue weighted by molar-refractivity contribution is 5.34. The van der Waals surface area contributed by atoms with E-state index in [9.17, 15) is 5.11 Å². The van der Waals surface area contributed by atoms with Crippen LogP contribution in [0, 0.1) is 0 Å². The van der Waals surface area contributed by atoms with E-state index in [0.29, 0.717) is 18.7 Å². The summed E-state index contributed by atoms with van der Waals surface area (Å²) < 4.78 is 5.75. The normalized spacial score (nSPS) is 22.9. The van der Waals surface area contributed by atoms with Gasteiger partial charge in [0, 0.05) is 18.6 Å². The molecule has 0 saturated heterocycles. The third-order valence-electron chi connectivity index (χ3n) is 4.65. The maximum atomic E-state index is 10.4. The van der Waals surface area contributed by atoms with Crippen LogP contribution in [0.2, 0.25) is 0 Å². The van der Waals surface area contributed by atoms with Gasteiger partial charge in [-0.25, -0.2) is 0 Å². The third kappa shape index (κ3) is 3.89. The first kappa shape index (κ1) is 16.0. The molecule has 3 nitrogen and oxygen atoms in total. The van der Waals surface area contributed by atoms with Gasteiger partial charge < -0.3 is 9.84 Å². The van der Waals surface area contributed by atoms with Crippen molar-refractivity contribution in [2.45, 2.75) is 70.2 Å². The number of aliphatic hydroxyl groups is 1. The highest BCUT2D eigenvalue weighted by Gasteiger charge is 2.38. The van der Waals surface area contributed by atoms with Crippen LogP contribution in [-0.2, 0) is 11.2 Å². The standard InChI is InChI=1S/C19H29NO2/c1-19(2,3)22-13-16(21)12-20(15-9-10-15)18-11-8-14-6-4-5-7-17(14)18/h4-7,15-16,18,21H,8-13H2,1-3H3. The van der Waals surface area contributed by atoms with Gasteiger partial charge in [-0.05, 0) is 57.6 Å². The predicted molar refractivity (Wildman–Crippen MR) is 88.9 cm³/mol. The molecule has 1 saturated carbocycles. The molecule has 1 fully saturated rings. The Morgan fingerprint density at radius 3 is 2.64 bits per heavy atom. The van der Waals surface area contributed by atoms with E-state index in [2.05, 4.69) is 29.2 Å². The highest BCUT2D eigenvalue weighted by Crippen LogP contribution is 2.41. The smallest absolute Gasteiger partial charge is 0.0900 e. The largest absolute Gasteiger partial charge is 0.389 e. The third-order valence-corrected chi connectivity index (χ3v) is 4.65. The zero-order valence-electron chi connectivity index (χ0n) is 14.1. The molecule has 3 rings (SSSR count). The number of benzene rings is 1. The average Bonchev–Trinajstić information content (AvgIpc) is 3.21. The van der Waals surface area contributed by atoms with Gasteiger partial charge in [-0.2, -0.15) is 0 Å². The quantitative estimate of drug-likeness (QED) is 0.875. The van der Waals surface area contributed by atoms with Crippen LogP contribution in [0.25, 0.3) is 0 Å². The van der Waals surface area contributed by atoms with E-state index in [1.165, 1.54) is 36.8 Å². The molecular formula is C19H29NO2. The first-order valence-corrected chi connectivity index (χ1v) is 8.59. The molecule has 0 radical (unpaired) electrons. The second kappa shape index (κ2) is 6.31. The number of rotatable bonds is 6. The minimum absolute atomic E-state index is 0.189. The van der Waals surface area contributed by atoms with Crippen molar-refractivity contribution in [3.8, 4) is 0 Å². The van der Waals surface area contributed by atoms with Gasteiger partial charge in [0.2, 0.25) is 0 Å². The molecule has 0 bridgehead atoms. The van der Waals surface area contributed by atoms with Crippen LogP contribution in [0.4, 0.5) is 0 Å². The molecule has 0 aliphatic heterocycles. The van der Waals surface area contributed by atoms with Gasteiger partial charge in [0.1, 0.15) is 0 Å².